The number of rotatable bonds is 5. The van der Waals surface area contributed by atoms with Crippen LogP contribution < -0.4 is 10.5 Å². The Morgan fingerprint density at radius 2 is 1.87 bits per heavy atom. The van der Waals surface area contributed by atoms with Gasteiger partial charge < -0.3 is 5.73 Å². The first-order valence-corrected chi connectivity index (χ1v) is 7.44. The summed E-state index contributed by atoms with van der Waals surface area (Å²) < 4.78 is 26.0. The maximum atomic E-state index is 11.6. The van der Waals surface area contributed by atoms with Gasteiger partial charge in [0, 0.05) is 12.1 Å². The third kappa shape index (κ3) is 4.95. The molecule has 0 saturated heterocycles. The van der Waals surface area contributed by atoms with Crippen molar-refractivity contribution in [2.75, 3.05) is 5.75 Å². The van der Waals surface area contributed by atoms with Crippen LogP contribution in [-0.4, -0.2) is 26.3 Å². The summed E-state index contributed by atoms with van der Waals surface area (Å²) in [7, 11) is -3.05. The molecule has 4 nitrogen and oxygen atoms in total. The van der Waals surface area contributed by atoms with Crippen molar-refractivity contribution >= 4 is 10.0 Å². The van der Waals surface area contributed by atoms with Crippen molar-refractivity contribution < 1.29 is 8.42 Å². The number of nitrogens with one attached hydrogen (secondary N) is 1. The molecule has 0 heterocycles. The molecule has 1 saturated carbocycles. The van der Waals surface area contributed by atoms with Crippen LogP contribution >= 0.6 is 0 Å². The number of sulfonamides is 1. The Balaban J connectivity index is 2.34. The van der Waals surface area contributed by atoms with Crippen LogP contribution in [0.2, 0.25) is 0 Å². The molecule has 0 atom stereocenters. The minimum Gasteiger partial charge on any atom is -0.328 e. The first-order chi connectivity index (χ1) is 7.03. The van der Waals surface area contributed by atoms with Gasteiger partial charge in [-0.15, -0.1) is 0 Å². The lowest BCUT2D eigenvalue weighted by atomic mass is 9.93. The van der Waals surface area contributed by atoms with Gasteiger partial charge in [-0.3, -0.25) is 0 Å². The fourth-order valence-electron chi connectivity index (χ4n) is 1.88. The molecule has 0 spiro atoms. The first kappa shape index (κ1) is 12.9. The van der Waals surface area contributed by atoms with Crippen LogP contribution in [0.5, 0.6) is 0 Å². The lowest BCUT2D eigenvalue weighted by Gasteiger charge is -2.26. The first-order valence-electron chi connectivity index (χ1n) is 5.79. The predicted octanol–water partition coefficient (Wildman–Crippen LogP) is 0.976. The van der Waals surface area contributed by atoms with E-state index in [1.165, 1.54) is 0 Å². The van der Waals surface area contributed by atoms with Crippen LogP contribution in [0.3, 0.4) is 0 Å². The van der Waals surface area contributed by atoms with E-state index in [9.17, 15) is 8.42 Å². The second kappa shape index (κ2) is 5.82. The number of hydrogen-bond donors (Lipinski definition) is 2. The summed E-state index contributed by atoms with van der Waals surface area (Å²) in [4.78, 5) is 0. The SMILES string of the molecule is CCCCS(=O)(=O)NC1CCC(N)CC1. The second-order valence-corrected chi connectivity index (χ2v) is 6.28. The highest BCUT2D eigenvalue weighted by atomic mass is 32.2. The van der Waals surface area contributed by atoms with Crippen molar-refractivity contribution in [3.8, 4) is 0 Å². The average molecular weight is 234 g/mol. The fourth-order valence-corrected chi connectivity index (χ4v) is 3.41. The summed E-state index contributed by atoms with van der Waals surface area (Å²) in [5, 5.41) is 0. The van der Waals surface area contributed by atoms with Crippen molar-refractivity contribution in [1.82, 2.24) is 4.72 Å². The Bertz CT molecular complexity index is 269. The van der Waals surface area contributed by atoms with Crippen LogP contribution in [0.15, 0.2) is 0 Å². The van der Waals surface area contributed by atoms with Gasteiger partial charge in [-0.25, -0.2) is 13.1 Å². The van der Waals surface area contributed by atoms with Gasteiger partial charge in [0.15, 0.2) is 0 Å². The standard InChI is InChI=1S/C10H22N2O2S/c1-2-3-8-15(13,14)12-10-6-4-9(11)5-7-10/h9-10,12H,2-8,11H2,1H3. The molecule has 0 bridgehead atoms. The molecular weight excluding hydrogens is 212 g/mol. The van der Waals surface area contributed by atoms with Gasteiger partial charge in [-0.2, -0.15) is 0 Å². The molecule has 90 valence electrons. The van der Waals surface area contributed by atoms with Crippen LogP contribution in [0.1, 0.15) is 45.4 Å². The van der Waals surface area contributed by atoms with Crippen LogP contribution in [0.4, 0.5) is 0 Å². The Kier molecular flexibility index (Phi) is 5.02. The summed E-state index contributed by atoms with van der Waals surface area (Å²) in [6, 6.07) is 0.382. The van der Waals surface area contributed by atoms with E-state index in [1.54, 1.807) is 0 Å². The van der Waals surface area contributed by atoms with Crippen molar-refractivity contribution in [3.63, 3.8) is 0 Å². The highest BCUT2D eigenvalue weighted by molar-refractivity contribution is 7.89. The molecule has 1 aliphatic rings. The van der Waals surface area contributed by atoms with Gasteiger partial charge in [0.25, 0.3) is 0 Å². The monoisotopic (exact) mass is 234 g/mol. The van der Waals surface area contributed by atoms with E-state index >= 15 is 0 Å². The third-order valence-electron chi connectivity index (χ3n) is 2.88. The van der Waals surface area contributed by atoms with Crippen molar-refractivity contribution in [2.24, 2.45) is 5.73 Å². The summed E-state index contributed by atoms with van der Waals surface area (Å²) >= 11 is 0. The molecule has 0 aromatic carbocycles. The van der Waals surface area contributed by atoms with Gasteiger partial charge in [-0.05, 0) is 32.1 Å². The van der Waals surface area contributed by atoms with Gasteiger partial charge in [-0.1, -0.05) is 13.3 Å². The highest BCUT2D eigenvalue weighted by Crippen LogP contribution is 2.17. The van der Waals surface area contributed by atoms with Crippen LogP contribution in [0, 0.1) is 0 Å². The molecule has 1 aliphatic carbocycles. The smallest absolute Gasteiger partial charge is 0.211 e. The Hall–Kier alpha value is -0.130. The Labute approximate surface area is 92.7 Å². The van der Waals surface area contributed by atoms with E-state index in [1.807, 2.05) is 6.92 Å². The number of unbranched alkanes of at least 4 members (excludes halogenated alkanes) is 1. The molecule has 0 unspecified atom stereocenters. The van der Waals surface area contributed by atoms with E-state index in [-0.39, 0.29) is 17.8 Å². The van der Waals surface area contributed by atoms with E-state index in [4.69, 9.17) is 5.73 Å². The normalized spacial score (nSPS) is 27.9. The molecule has 0 aromatic heterocycles. The molecule has 0 aromatic rings. The third-order valence-corrected chi connectivity index (χ3v) is 4.40. The van der Waals surface area contributed by atoms with Gasteiger partial charge in [0.2, 0.25) is 10.0 Å². The second-order valence-electron chi connectivity index (χ2n) is 4.40. The summed E-state index contributed by atoms with van der Waals surface area (Å²) in [5.41, 5.74) is 5.76. The molecule has 5 heteroatoms. The fraction of sp³-hybridized carbons (Fsp3) is 1.00. The zero-order valence-electron chi connectivity index (χ0n) is 9.41. The minimum absolute atomic E-state index is 0.117. The van der Waals surface area contributed by atoms with E-state index in [0.717, 1.165) is 38.5 Å². The van der Waals surface area contributed by atoms with Gasteiger partial charge in [0.1, 0.15) is 0 Å². The maximum Gasteiger partial charge on any atom is 0.211 e. The highest BCUT2D eigenvalue weighted by Gasteiger charge is 2.22. The topological polar surface area (TPSA) is 72.2 Å². The van der Waals surface area contributed by atoms with Crippen molar-refractivity contribution in [2.45, 2.75) is 57.5 Å². The van der Waals surface area contributed by atoms with Crippen molar-refractivity contribution in [1.29, 1.82) is 0 Å². The lowest BCUT2D eigenvalue weighted by Crippen LogP contribution is -2.41. The maximum absolute atomic E-state index is 11.6. The zero-order valence-corrected chi connectivity index (χ0v) is 10.2. The number of nitrogens with two attached hydrogens (primary N) is 1. The van der Waals surface area contributed by atoms with Crippen LogP contribution in [0.25, 0.3) is 0 Å². The van der Waals surface area contributed by atoms with E-state index < -0.39 is 10.0 Å². The minimum atomic E-state index is -3.05. The molecule has 1 fully saturated rings. The quantitative estimate of drug-likeness (QED) is 0.744. The number of hydrogen-bond acceptors (Lipinski definition) is 3. The summed E-state index contributed by atoms with van der Waals surface area (Å²) in [6.07, 6.45) is 5.28. The van der Waals surface area contributed by atoms with E-state index in [2.05, 4.69) is 4.72 Å². The van der Waals surface area contributed by atoms with Gasteiger partial charge >= 0.3 is 0 Å². The van der Waals surface area contributed by atoms with Crippen molar-refractivity contribution in [3.05, 3.63) is 0 Å². The predicted molar refractivity (Wildman–Crippen MR) is 62.1 cm³/mol. The van der Waals surface area contributed by atoms with E-state index in [0.29, 0.717) is 0 Å². The zero-order chi connectivity index (χ0) is 11.3. The summed E-state index contributed by atoms with van der Waals surface area (Å²) in [5.74, 6) is 0.256. The largest absolute Gasteiger partial charge is 0.328 e. The molecule has 0 aliphatic heterocycles. The molecule has 15 heavy (non-hydrogen) atoms. The molecule has 3 N–H and O–H groups in total. The molecule has 1 rings (SSSR count). The molecule has 0 amide bonds. The average Bonchev–Trinajstić information content (AvgIpc) is 2.18. The summed E-state index contributed by atoms with van der Waals surface area (Å²) in [6.45, 7) is 2.00. The molecule has 0 radical (unpaired) electrons. The Morgan fingerprint density at radius 3 is 2.40 bits per heavy atom. The Morgan fingerprint density at radius 1 is 1.27 bits per heavy atom. The van der Waals surface area contributed by atoms with Crippen LogP contribution in [-0.2, 0) is 10.0 Å². The van der Waals surface area contributed by atoms with Gasteiger partial charge in [0.05, 0.1) is 5.75 Å². The lowest BCUT2D eigenvalue weighted by molar-refractivity contribution is 0.373. The molecular formula is C10H22N2O2S.